The van der Waals surface area contributed by atoms with Gasteiger partial charge in [0.15, 0.2) is 6.29 Å². The molecule has 20 atom stereocenters. The number of carbonyl (C=O) groups excluding carboxylic acids is 1. The molecule has 0 radical (unpaired) electrons. The van der Waals surface area contributed by atoms with E-state index in [9.17, 15) is 34.7 Å². The molecule has 5 heterocycles. The number of rotatable bonds is 15. The van der Waals surface area contributed by atoms with Crippen molar-refractivity contribution in [1.82, 2.24) is 29.8 Å². The van der Waals surface area contributed by atoms with Gasteiger partial charge in [-0.15, -0.1) is 16.4 Å². The Bertz CT molecular complexity index is 2210. The van der Waals surface area contributed by atoms with Crippen LogP contribution in [0.2, 0.25) is 0 Å². The molecule has 20 heteroatoms. The number of carbonyl (C=O) groups is 1. The first kappa shape index (κ1) is 60.1. The second-order valence-electron chi connectivity index (χ2n) is 22.6. The number of likely N-dealkylation sites (N-methyl/N-ethyl adjacent to an activating group) is 2. The van der Waals surface area contributed by atoms with Crippen molar-refractivity contribution >= 4 is 17.3 Å². The van der Waals surface area contributed by atoms with Crippen molar-refractivity contribution < 1.29 is 63.1 Å². The fraction of sp³-hybridized carbons (Fsp3) is 0.778. The molecule has 1 unspecified atom stereocenters. The molecule has 3 saturated heterocycles. The normalized spacial score (nSPS) is 39.3. The summed E-state index contributed by atoms with van der Waals surface area (Å²) < 4.78 is 54.5. The van der Waals surface area contributed by atoms with Crippen LogP contribution in [-0.2, 0) is 39.6 Å². The van der Waals surface area contributed by atoms with Crippen molar-refractivity contribution in [2.75, 3.05) is 48.1 Å². The predicted octanol–water partition coefficient (Wildman–Crippen LogP) is 5.40. The minimum Gasteiger partial charge on any atom is -0.459 e. The number of methoxy groups -OCH3 is 2. The molecule has 1 aromatic carbocycles. The fourth-order valence-corrected chi connectivity index (χ4v) is 12.9. The molecule has 0 bridgehead atoms. The second kappa shape index (κ2) is 25.1. The Morgan fingerprint density at radius 3 is 2.30 bits per heavy atom. The summed E-state index contributed by atoms with van der Waals surface area (Å²) in [7, 11) is 6.82. The van der Waals surface area contributed by atoms with Gasteiger partial charge >= 0.3 is 5.97 Å². The summed E-state index contributed by atoms with van der Waals surface area (Å²) in [6, 6.07) is 5.96. The molecule has 3 fully saturated rings. The second-order valence-corrected chi connectivity index (χ2v) is 23.5. The van der Waals surface area contributed by atoms with Crippen LogP contribution in [-0.4, -0.2) is 193 Å². The Balaban J connectivity index is 1.27. The van der Waals surface area contributed by atoms with Crippen LogP contribution in [0.4, 0.5) is 4.39 Å². The van der Waals surface area contributed by atoms with Gasteiger partial charge in [0.2, 0.25) is 0 Å². The van der Waals surface area contributed by atoms with Gasteiger partial charge in [-0.1, -0.05) is 57.2 Å². The lowest BCUT2D eigenvalue weighted by atomic mass is 9.68. The number of esters is 1. The van der Waals surface area contributed by atoms with E-state index in [1.54, 1.807) is 66.6 Å². The lowest BCUT2D eigenvalue weighted by Crippen LogP contribution is -2.62. The van der Waals surface area contributed by atoms with Crippen molar-refractivity contribution in [3.63, 3.8) is 0 Å². The van der Waals surface area contributed by atoms with Crippen LogP contribution in [0.5, 0.6) is 0 Å². The first-order valence-electron chi connectivity index (χ1n) is 26.4. The molecule has 418 valence electrons. The van der Waals surface area contributed by atoms with Crippen LogP contribution in [0.25, 0.3) is 10.4 Å². The van der Waals surface area contributed by atoms with Gasteiger partial charge in [0, 0.05) is 70.5 Å². The quantitative estimate of drug-likeness (QED) is 0.120. The zero-order valence-electron chi connectivity index (χ0n) is 46.1. The highest BCUT2D eigenvalue weighted by Gasteiger charge is 2.55. The predicted molar refractivity (Wildman–Crippen MR) is 278 cm³/mol. The monoisotopic (exact) mass is 1060 g/mol. The van der Waals surface area contributed by atoms with Crippen LogP contribution < -0.4 is 0 Å². The molecular formula is C54H87FN6O12S. The third kappa shape index (κ3) is 13.2. The van der Waals surface area contributed by atoms with E-state index in [1.807, 2.05) is 68.9 Å². The summed E-state index contributed by atoms with van der Waals surface area (Å²) in [5.74, 6) is -3.25. The van der Waals surface area contributed by atoms with Crippen molar-refractivity contribution in [2.45, 2.75) is 197 Å². The van der Waals surface area contributed by atoms with Gasteiger partial charge in [0.1, 0.15) is 48.8 Å². The molecule has 0 amide bonds. The van der Waals surface area contributed by atoms with Crippen molar-refractivity contribution in [3.05, 3.63) is 53.4 Å². The van der Waals surface area contributed by atoms with Gasteiger partial charge in [-0.3, -0.25) is 9.78 Å². The summed E-state index contributed by atoms with van der Waals surface area (Å²) in [5, 5.41) is 69.0. The number of aliphatic hydroxyl groups is 5. The fourth-order valence-electron chi connectivity index (χ4n) is 12.3. The Hall–Kier alpha value is -3.09. The van der Waals surface area contributed by atoms with Crippen molar-refractivity contribution in [1.29, 1.82) is 0 Å². The number of halogens is 1. The number of benzene rings is 1. The molecular weight excluding hydrogens is 976 g/mol. The first-order valence-corrected chi connectivity index (χ1v) is 27.3. The Morgan fingerprint density at radius 2 is 1.69 bits per heavy atom. The average Bonchev–Trinajstić information content (AvgIpc) is 4.08. The molecule has 6 rings (SSSR count). The highest BCUT2D eigenvalue weighted by molar-refractivity contribution is 7.13. The number of cyclic esters (lactones) is 1. The maximum atomic E-state index is 14.9. The van der Waals surface area contributed by atoms with Gasteiger partial charge in [-0.05, 0) is 97.9 Å². The number of alkyl halides is 1. The van der Waals surface area contributed by atoms with Crippen molar-refractivity contribution in [2.24, 2.45) is 23.7 Å². The number of ether oxygens (including phenoxy) is 6. The number of aromatic nitrogens is 4. The molecule has 3 aliphatic rings. The van der Waals surface area contributed by atoms with E-state index in [1.165, 1.54) is 30.1 Å². The highest BCUT2D eigenvalue weighted by Crippen LogP contribution is 2.45. The van der Waals surface area contributed by atoms with E-state index < -0.39 is 120 Å². The van der Waals surface area contributed by atoms with Crippen molar-refractivity contribution in [3.8, 4) is 10.4 Å². The van der Waals surface area contributed by atoms with E-state index in [2.05, 4.69) is 15.3 Å². The molecule has 18 nitrogen and oxygen atoms in total. The van der Waals surface area contributed by atoms with Gasteiger partial charge in [0.05, 0.1) is 57.6 Å². The van der Waals surface area contributed by atoms with Gasteiger partial charge in [-0.25, -0.2) is 9.07 Å². The van der Waals surface area contributed by atoms with Gasteiger partial charge in [-0.2, -0.15) is 0 Å². The zero-order chi connectivity index (χ0) is 54.6. The number of hydrogen-bond donors (Lipinski definition) is 5. The smallest absolute Gasteiger partial charge is 0.309 e. The zero-order valence-corrected chi connectivity index (χ0v) is 46.9. The highest BCUT2D eigenvalue weighted by atomic mass is 32.1. The Morgan fingerprint density at radius 1 is 1.00 bits per heavy atom. The number of hydrogen-bond acceptors (Lipinski definition) is 18. The molecule has 74 heavy (non-hydrogen) atoms. The molecule has 0 spiro atoms. The van der Waals surface area contributed by atoms with E-state index in [-0.39, 0.29) is 31.3 Å². The van der Waals surface area contributed by atoms with Gasteiger partial charge < -0.3 is 63.8 Å². The molecule has 2 aromatic heterocycles. The maximum absolute atomic E-state index is 14.9. The topological polar surface area (TPSA) is 224 Å². The molecule has 0 aliphatic carbocycles. The standard InChI is InChI=1S/C54H87FN6O12S/c1-15-43-54(10,67)47(63)34(6)60(12)27-30(2)23-52(8,66)49(32(4)44(33(5)50(65)72-43)41-24-53(9,69-14)48(64)35(7)71-41)73-51-45(62)39(22-31(3)70-51)59(11)21-20-38-28-61(58-57-38)40(25-55)46(68-13)37-18-16-36(17-19-37)42-26-56-29-74-42/h16-19,26,28-35,39-41,43-49,51,62-64,66-67H,15,20-25,27H2,1-14H3/t30-,31-,32+,33-,34-,35+,39+,40-,41-,43-,44?,45-,46-,47-,48+,49-,51+,52-,53-,54-/m1/s1. The lowest BCUT2D eigenvalue weighted by Gasteiger charge is -2.51. The largest absolute Gasteiger partial charge is 0.459 e. The Labute approximate surface area is 441 Å². The van der Waals surface area contributed by atoms with Crippen LogP contribution in [0.3, 0.4) is 0 Å². The van der Waals surface area contributed by atoms with Crippen LogP contribution >= 0.6 is 11.3 Å². The summed E-state index contributed by atoms with van der Waals surface area (Å²) in [4.78, 5) is 23.8. The van der Waals surface area contributed by atoms with E-state index in [0.29, 0.717) is 31.6 Å². The van der Waals surface area contributed by atoms with E-state index >= 15 is 0 Å². The number of nitrogens with zero attached hydrogens (tertiary/aromatic N) is 6. The average molecular weight is 1060 g/mol. The van der Waals surface area contributed by atoms with Crippen LogP contribution in [0.1, 0.15) is 118 Å². The minimum absolute atomic E-state index is 0.173. The third-order valence-electron chi connectivity index (χ3n) is 16.8. The first-order chi connectivity index (χ1) is 34.8. The van der Waals surface area contributed by atoms with Crippen LogP contribution in [0, 0.1) is 23.7 Å². The SMILES string of the molecule is CC[C@H]1OC(=O)[C@H](C)C([C@H]2C[C@@](C)(OC)[C@@H](O)[C@H](C)O2)[C@H](C)[C@@H](O[C@@H]2O[C@H](C)C[C@H](N(C)CCc3cn([C@H](CF)[C@H](OC)c4ccc(-c5cncs5)cc4)nn3)[C@H]2O)[C@](C)(O)C[C@@H](C)CN(C)[C@H](C)[C@@H](O)[C@]1(C)O. The maximum Gasteiger partial charge on any atom is 0.309 e. The summed E-state index contributed by atoms with van der Waals surface area (Å²) in [6.07, 6.45) is -4.38. The molecule has 3 aromatic rings. The van der Waals surface area contributed by atoms with E-state index in [4.69, 9.17) is 28.4 Å². The van der Waals surface area contributed by atoms with Crippen LogP contribution in [0.15, 0.2) is 42.2 Å². The number of thiazole rings is 1. The van der Waals surface area contributed by atoms with Gasteiger partial charge in [0.25, 0.3) is 0 Å². The molecule has 5 N–H and O–H groups in total. The molecule has 0 saturated carbocycles. The minimum atomic E-state index is -1.83. The third-order valence-corrected chi connectivity index (χ3v) is 17.6. The molecule has 3 aliphatic heterocycles. The number of aliphatic hydroxyl groups excluding tert-OH is 3. The van der Waals surface area contributed by atoms with E-state index in [0.717, 1.165) is 16.0 Å². The lowest BCUT2D eigenvalue weighted by molar-refractivity contribution is -0.302. The summed E-state index contributed by atoms with van der Waals surface area (Å²) in [5.41, 5.74) is -0.314. The summed E-state index contributed by atoms with van der Waals surface area (Å²) >= 11 is 1.54. The Kier molecular flexibility index (Phi) is 20.4. The summed E-state index contributed by atoms with van der Waals surface area (Å²) in [6.45, 7) is 18.0.